The third kappa shape index (κ3) is 1.07. The Balaban J connectivity index is 2.68. The second-order valence-corrected chi connectivity index (χ2v) is 3.59. The molecular formula is C14H14. The fourth-order valence-corrected chi connectivity index (χ4v) is 2.19. The van der Waals surface area contributed by atoms with Gasteiger partial charge in [0.05, 0.1) is 0 Å². The lowest BCUT2D eigenvalue weighted by Crippen LogP contribution is -1.89. The zero-order valence-electron chi connectivity index (χ0n) is 8.46. The summed E-state index contributed by atoms with van der Waals surface area (Å²) in [6, 6.07) is 8.49. The van der Waals surface area contributed by atoms with Gasteiger partial charge in [0.1, 0.15) is 0 Å². The first-order valence-corrected chi connectivity index (χ1v) is 4.88. The van der Waals surface area contributed by atoms with E-state index < -0.39 is 0 Å². The Labute approximate surface area is 85.3 Å². The average Bonchev–Trinajstić information content (AvgIpc) is 2.51. The Kier molecular flexibility index (Phi) is 2.12. The van der Waals surface area contributed by atoms with Gasteiger partial charge >= 0.3 is 0 Å². The van der Waals surface area contributed by atoms with E-state index in [9.17, 15) is 0 Å². The maximum Gasteiger partial charge on any atom is 0.00730 e. The van der Waals surface area contributed by atoms with Crippen LogP contribution in [0, 0.1) is 0 Å². The van der Waals surface area contributed by atoms with E-state index in [0.29, 0.717) is 5.92 Å². The van der Waals surface area contributed by atoms with Crippen molar-refractivity contribution >= 4 is 5.57 Å². The van der Waals surface area contributed by atoms with Crippen molar-refractivity contribution in [2.24, 2.45) is 0 Å². The lowest BCUT2D eigenvalue weighted by Gasteiger charge is -2.06. The van der Waals surface area contributed by atoms with Gasteiger partial charge in [0.2, 0.25) is 0 Å². The van der Waals surface area contributed by atoms with Crippen LogP contribution in [0.1, 0.15) is 24.0 Å². The van der Waals surface area contributed by atoms with E-state index in [0.717, 1.165) is 0 Å². The Hall–Kier alpha value is -1.56. The first-order valence-electron chi connectivity index (χ1n) is 4.88. The SMILES string of the molecule is C=CC1=C(C=C)C(C)c2ccccc21. The molecule has 0 nitrogen and oxygen atoms in total. The summed E-state index contributed by atoms with van der Waals surface area (Å²) in [6.45, 7) is 9.95. The fraction of sp³-hybridized carbons (Fsp3) is 0.143. The van der Waals surface area contributed by atoms with Crippen LogP contribution in [0.25, 0.3) is 5.57 Å². The van der Waals surface area contributed by atoms with Crippen LogP contribution in [-0.4, -0.2) is 0 Å². The molecule has 1 aromatic carbocycles. The zero-order chi connectivity index (χ0) is 10.1. The van der Waals surface area contributed by atoms with E-state index in [1.165, 1.54) is 22.3 Å². The van der Waals surface area contributed by atoms with Crippen LogP contribution in [0.2, 0.25) is 0 Å². The highest BCUT2D eigenvalue weighted by Crippen LogP contribution is 2.42. The lowest BCUT2D eigenvalue weighted by atomic mass is 9.98. The molecule has 2 rings (SSSR count). The molecule has 0 aliphatic heterocycles. The highest BCUT2D eigenvalue weighted by molar-refractivity contribution is 5.85. The minimum atomic E-state index is 0.455. The van der Waals surface area contributed by atoms with Crippen LogP contribution in [0.5, 0.6) is 0 Å². The van der Waals surface area contributed by atoms with Gasteiger partial charge in [-0.2, -0.15) is 0 Å². The summed E-state index contributed by atoms with van der Waals surface area (Å²) in [5, 5.41) is 0. The van der Waals surface area contributed by atoms with E-state index >= 15 is 0 Å². The number of hydrogen-bond donors (Lipinski definition) is 0. The van der Waals surface area contributed by atoms with Gasteiger partial charge in [-0.3, -0.25) is 0 Å². The Morgan fingerprint density at radius 1 is 1.14 bits per heavy atom. The van der Waals surface area contributed by atoms with Gasteiger partial charge in [-0.15, -0.1) is 0 Å². The fourth-order valence-electron chi connectivity index (χ4n) is 2.19. The number of hydrogen-bond acceptors (Lipinski definition) is 0. The monoisotopic (exact) mass is 182 g/mol. The van der Waals surface area contributed by atoms with Gasteiger partial charge in [-0.1, -0.05) is 56.5 Å². The molecule has 0 spiro atoms. The molecule has 1 atom stereocenters. The molecule has 0 radical (unpaired) electrons. The first-order chi connectivity index (χ1) is 6.79. The van der Waals surface area contributed by atoms with Crippen LogP contribution in [0.4, 0.5) is 0 Å². The maximum absolute atomic E-state index is 3.87. The Morgan fingerprint density at radius 3 is 2.50 bits per heavy atom. The molecule has 0 amide bonds. The molecule has 1 unspecified atom stereocenters. The predicted molar refractivity (Wildman–Crippen MR) is 62.2 cm³/mol. The summed E-state index contributed by atoms with van der Waals surface area (Å²) in [5.41, 5.74) is 5.23. The van der Waals surface area contributed by atoms with Crippen molar-refractivity contribution in [1.29, 1.82) is 0 Å². The molecule has 1 aliphatic rings. The van der Waals surface area contributed by atoms with E-state index in [2.05, 4.69) is 44.3 Å². The molecule has 1 aromatic rings. The minimum absolute atomic E-state index is 0.455. The average molecular weight is 182 g/mol. The number of fused-ring (bicyclic) bond motifs is 1. The maximum atomic E-state index is 3.87. The van der Waals surface area contributed by atoms with Crippen molar-refractivity contribution in [3.8, 4) is 0 Å². The van der Waals surface area contributed by atoms with Gasteiger partial charge < -0.3 is 0 Å². The largest absolute Gasteiger partial charge is 0.0987 e. The first kappa shape index (κ1) is 9.01. The summed E-state index contributed by atoms with van der Waals surface area (Å²) >= 11 is 0. The second-order valence-electron chi connectivity index (χ2n) is 3.59. The van der Waals surface area contributed by atoms with Crippen molar-refractivity contribution in [2.75, 3.05) is 0 Å². The Bertz CT molecular complexity index is 421. The van der Waals surface area contributed by atoms with Crippen LogP contribution >= 0.6 is 0 Å². The Morgan fingerprint density at radius 2 is 1.86 bits per heavy atom. The van der Waals surface area contributed by atoms with Crippen molar-refractivity contribution in [3.05, 3.63) is 66.3 Å². The van der Waals surface area contributed by atoms with Crippen LogP contribution in [0.3, 0.4) is 0 Å². The molecule has 1 aliphatic carbocycles. The quantitative estimate of drug-likeness (QED) is 0.650. The van der Waals surface area contributed by atoms with Crippen molar-refractivity contribution in [2.45, 2.75) is 12.8 Å². The third-order valence-electron chi connectivity index (χ3n) is 2.92. The summed E-state index contributed by atoms with van der Waals surface area (Å²) in [4.78, 5) is 0. The van der Waals surface area contributed by atoms with Gasteiger partial charge in [0, 0.05) is 5.92 Å². The van der Waals surface area contributed by atoms with Gasteiger partial charge in [0.25, 0.3) is 0 Å². The summed E-state index contributed by atoms with van der Waals surface area (Å²) in [6.07, 6.45) is 3.88. The van der Waals surface area contributed by atoms with Gasteiger partial charge in [0.15, 0.2) is 0 Å². The van der Waals surface area contributed by atoms with Crippen LogP contribution in [-0.2, 0) is 0 Å². The molecule has 14 heavy (non-hydrogen) atoms. The summed E-state index contributed by atoms with van der Waals surface area (Å²) < 4.78 is 0. The van der Waals surface area contributed by atoms with E-state index in [4.69, 9.17) is 0 Å². The molecular weight excluding hydrogens is 168 g/mol. The van der Waals surface area contributed by atoms with Gasteiger partial charge in [-0.05, 0) is 22.3 Å². The molecule has 0 fully saturated rings. The molecule has 0 saturated heterocycles. The van der Waals surface area contributed by atoms with Gasteiger partial charge in [-0.25, -0.2) is 0 Å². The molecule has 0 N–H and O–H groups in total. The number of benzene rings is 1. The molecule has 0 saturated carbocycles. The molecule has 0 heterocycles. The molecule has 0 aromatic heterocycles. The van der Waals surface area contributed by atoms with Crippen molar-refractivity contribution < 1.29 is 0 Å². The highest BCUT2D eigenvalue weighted by atomic mass is 14.3. The summed E-state index contributed by atoms with van der Waals surface area (Å²) in [7, 11) is 0. The number of rotatable bonds is 2. The van der Waals surface area contributed by atoms with Crippen LogP contribution in [0.15, 0.2) is 55.1 Å². The van der Waals surface area contributed by atoms with Crippen molar-refractivity contribution in [3.63, 3.8) is 0 Å². The molecule has 70 valence electrons. The summed E-state index contributed by atoms with van der Waals surface area (Å²) in [5.74, 6) is 0.455. The predicted octanol–water partition coefficient (Wildman–Crippen LogP) is 3.93. The topological polar surface area (TPSA) is 0 Å². The number of allylic oxidation sites excluding steroid dienone is 4. The normalized spacial score (nSPS) is 19.4. The lowest BCUT2D eigenvalue weighted by molar-refractivity contribution is 0.948. The van der Waals surface area contributed by atoms with Crippen molar-refractivity contribution in [1.82, 2.24) is 0 Å². The molecule has 0 heteroatoms. The molecule has 0 bridgehead atoms. The highest BCUT2D eigenvalue weighted by Gasteiger charge is 2.23. The zero-order valence-corrected chi connectivity index (χ0v) is 8.46. The smallest absolute Gasteiger partial charge is 0.00730 e. The second kappa shape index (κ2) is 3.30. The minimum Gasteiger partial charge on any atom is -0.0987 e. The van der Waals surface area contributed by atoms with E-state index in [1.807, 2.05) is 12.2 Å². The van der Waals surface area contributed by atoms with E-state index in [1.54, 1.807) is 0 Å². The standard InChI is InChI=1S/C14H14/c1-4-11-10(3)13-8-6-7-9-14(13)12(11)5-2/h4-10H,1-2H2,3H3. The van der Waals surface area contributed by atoms with Crippen LogP contribution < -0.4 is 0 Å². The third-order valence-corrected chi connectivity index (χ3v) is 2.92. The van der Waals surface area contributed by atoms with E-state index in [-0.39, 0.29) is 0 Å².